The largest absolute Gasteiger partial charge is 0.479 e. The molecule has 1 aliphatic carbocycles. The third-order valence-corrected chi connectivity index (χ3v) is 3.29. The molecule has 5 nitrogen and oxygen atoms in total. The summed E-state index contributed by atoms with van der Waals surface area (Å²) in [6.45, 7) is 0.117. The van der Waals surface area contributed by atoms with Gasteiger partial charge in [0.1, 0.15) is 0 Å². The van der Waals surface area contributed by atoms with Crippen molar-refractivity contribution < 1.29 is 27.9 Å². The summed E-state index contributed by atoms with van der Waals surface area (Å²) in [5.41, 5.74) is -3.26. The standard InChI is InChI=1S/C11H17F3N2O3/c1-10(9(18)19,11(12,13)14)16-8(17)6-15-7-4-2-3-5-7/h7,15H,2-6H2,1H3,(H,16,17)(H,18,19). The number of carboxylic acid groups (broad SMARTS) is 1. The second kappa shape index (κ2) is 5.77. The molecule has 0 aromatic rings. The zero-order valence-corrected chi connectivity index (χ0v) is 10.5. The first-order chi connectivity index (χ1) is 8.67. The first-order valence-corrected chi connectivity index (χ1v) is 6.01. The van der Waals surface area contributed by atoms with Crippen LogP contribution in [0.1, 0.15) is 32.6 Å². The monoisotopic (exact) mass is 282 g/mol. The van der Waals surface area contributed by atoms with Crippen LogP contribution in [0.5, 0.6) is 0 Å². The summed E-state index contributed by atoms with van der Waals surface area (Å²) in [5, 5.41) is 13.0. The van der Waals surface area contributed by atoms with Gasteiger partial charge in [0.2, 0.25) is 11.4 Å². The van der Waals surface area contributed by atoms with Gasteiger partial charge in [0, 0.05) is 6.04 Å². The number of hydrogen-bond donors (Lipinski definition) is 3. The molecule has 8 heteroatoms. The molecular formula is C11H17F3N2O3. The van der Waals surface area contributed by atoms with Crippen LogP contribution in [0.15, 0.2) is 0 Å². The Labute approximate surface area is 108 Å². The lowest BCUT2D eigenvalue weighted by Crippen LogP contribution is -2.63. The van der Waals surface area contributed by atoms with Crippen molar-refractivity contribution in [1.82, 2.24) is 10.6 Å². The van der Waals surface area contributed by atoms with E-state index in [0.717, 1.165) is 25.7 Å². The zero-order valence-electron chi connectivity index (χ0n) is 10.5. The first-order valence-electron chi connectivity index (χ1n) is 6.01. The van der Waals surface area contributed by atoms with E-state index >= 15 is 0 Å². The molecule has 0 spiro atoms. The Morgan fingerprint density at radius 2 is 1.79 bits per heavy atom. The highest BCUT2D eigenvalue weighted by atomic mass is 19.4. The summed E-state index contributed by atoms with van der Waals surface area (Å²) in [4.78, 5) is 22.1. The van der Waals surface area contributed by atoms with Gasteiger partial charge >= 0.3 is 12.1 Å². The smallest absolute Gasteiger partial charge is 0.422 e. The third-order valence-electron chi connectivity index (χ3n) is 3.29. The molecule has 1 atom stereocenters. The Balaban J connectivity index is 2.54. The van der Waals surface area contributed by atoms with E-state index in [2.05, 4.69) is 5.32 Å². The molecule has 0 radical (unpaired) electrons. The Hall–Kier alpha value is -1.31. The number of rotatable bonds is 5. The Morgan fingerprint density at radius 3 is 2.21 bits per heavy atom. The predicted molar refractivity (Wildman–Crippen MR) is 60.5 cm³/mol. The van der Waals surface area contributed by atoms with Crippen LogP contribution in [0.4, 0.5) is 13.2 Å². The van der Waals surface area contributed by atoms with Crippen LogP contribution in [-0.2, 0) is 9.59 Å². The molecular weight excluding hydrogens is 265 g/mol. The van der Waals surface area contributed by atoms with Crippen LogP contribution in [0.25, 0.3) is 0 Å². The minimum Gasteiger partial charge on any atom is -0.479 e. The van der Waals surface area contributed by atoms with Gasteiger partial charge in [-0.05, 0) is 19.8 Å². The van der Waals surface area contributed by atoms with Crippen molar-refractivity contribution in [3.8, 4) is 0 Å². The molecule has 1 fully saturated rings. The quantitative estimate of drug-likeness (QED) is 0.704. The van der Waals surface area contributed by atoms with E-state index in [1.165, 1.54) is 5.32 Å². The summed E-state index contributed by atoms with van der Waals surface area (Å²) in [5.74, 6) is -3.11. The van der Waals surface area contributed by atoms with Crippen molar-refractivity contribution in [2.24, 2.45) is 0 Å². The van der Waals surface area contributed by atoms with Crippen LogP contribution in [0.2, 0.25) is 0 Å². The van der Waals surface area contributed by atoms with Crippen LogP contribution in [0, 0.1) is 0 Å². The highest BCUT2D eigenvalue weighted by Crippen LogP contribution is 2.30. The Morgan fingerprint density at radius 1 is 1.26 bits per heavy atom. The van der Waals surface area contributed by atoms with Crippen molar-refractivity contribution in [1.29, 1.82) is 0 Å². The average molecular weight is 282 g/mol. The molecule has 0 aromatic carbocycles. The lowest BCUT2D eigenvalue weighted by Gasteiger charge is -2.28. The van der Waals surface area contributed by atoms with Gasteiger partial charge in [0.25, 0.3) is 0 Å². The molecule has 19 heavy (non-hydrogen) atoms. The third kappa shape index (κ3) is 3.82. The number of carbonyl (C=O) groups excluding carboxylic acids is 1. The number of aliphatic carboxylic acids is 1. The summed E-state index contributed by atoms with van der Waals surface area (Å²) in [7, 11) is 0. The number of nitrogens with one attached hydrogen (secondary N) is 2. The van der Waals surface area contributed by atoms with E-state index in [1.807, 2.05) is 0 Å². The lowest BCUT2D eigenvalue weighted by molar-refractivity contribution is -0.206. The van der Waals surface area contributed by atoms with Crippen molar-refractivity contribution in [2.45, 2.75) is 50.4 Å². The zero-order chi connectivity index (χ0) is 14.7. The van der Waals surface area contributed by atoms with Crippen LogP contribution in [-0.4, -0.2) is 41.3 Å². The second-order valence-electron chi connectivity index (χ2n) is 4.84. The van der Waals surface area contributed by atoms with E-state index < -0.39 is 23.6 Å². The van der Waals surface area contributed by atoms with E-state index in [9.17, 15) is 22.8 Å². The maximum absolute atomic E-state index is 12.6. The van der Waals surface area contributed by atoms with Gasteiger partial charge in [0.05, 0.1) is 6.54 Å². The number of hydrogen-bond acceptors (Lipinski definition) is 3. The first kappa shape index (κ1) is 15.7. The van der Waals surface area contributed by atoms with E-state index in [1.54, 1.807) is 0 Å². The van der Waals surface area contributed by atoms with Gasteiger partial charge in [-0.25, -0.2) is 4.79 Å². The van der Waals surface area contributed by atoms with E-state index in [0.29, 0.717) is 6.92 Å². The minimum absolute atomic E-state index is 0.118. The predicted octanol–water partition coefficient (Wildman–Crippen LogP) is 1.04. The molecule has 0 bridgehead atoms. The van der Waals surface area contributed by atoms with Crippen LogP contribution >= 0.6 is 0 Å². The number of halogens is 3. The molecule has 110 valence electrons. The number of carboxylic acids is 1. The van der Waals surface area contributed by atoms with Crippen molar-refractivity contribution in [3.05, 3.63) is 0 Å². The molecule has 0 aliphatic heterocycles. The molecule has 3 N–H and O–H groups in total. The van der Waals surface area contributed by atoms with E-state index in [4.69, 9.17) is 5.11 Å². The molecule has 0 heterocycles. The van der Waals surface area contributed by atoms with E-state index in [-0.39, 0.29) is 12.6 Å². The fourth-order valence-corrected chi connectivity index (χ4v) is 1.94. The molecule has 1 amide bonds. The molecule has 1 saturated carbocycles. The lowest BCUT2D eigenvalue weighted by atomic mass is 10.0. The van der Waals surface area contributed by atoms with Crippen LogP contribution < -0.4 is 10.6 Å². The van der Waals surface area contributed by atoms with Gasteiger partial charge in [-0.3, -0.25) is 4.79 Å². The van der Waals surface area contributed by atoms with Gasteiger partial charge < -0.3 is 15.7 Å². The summed E-state index contributed by atoms with van der Waals surface area (Å²) in [6.07, 6.45) is -1.25. The molecule has 1 unspecified atom stereocenters. The van der Waals surface area contributed by atoms with Crippen LogP contribution in [0.3, 0.4) is 0 Å². The SMILES string of the molecule is CC(NC(=O)CNC1CCCC1)(C(=O)O)C(F)(F)F. The fourth-order valence-electron chi connectivity index (χ4n) is 1.94. The van der Waals surface area contributed by atoms with Gasteiger partial charge in [-0.2, -0.15) is 13.2 Å². The second-order valence-corrected chi connectivity index (χ2v) is 4.84. The maximum atomic E-state index is 12.6. The van der Waals surface area contributed by atoms with Crippen molar-refractivity contribution in [2.75, 3.05) is 6.54 Å². The van der Waals surface area contributed by atoms with Gasteiger partial charge in [-0.15, -0.1) is 0 Å². The summed E-state index contributed by atoms with van der Waals surface area (Å²) >= 11 is 0. The highest BCUT2D eigenvalue weighted by molar-refractivity contribution is 5.88. The summed E-state index contributed by atoms with van der Waals surface area (Å²) < 4.78 is 37.9. The van der Waals surface area contributed by atoms with Gasteiger partial charge in [0.15, 0.2) is 0 Å². The fraction of sp³-hybridized carbons (Fsp3) is 0.818. The highest BCUT2D eigenvalue weighted by Gasteiger charge is 2.58. The van der Waals surface area contributed by atoms with Crippen molar-refractivity contribution in [3.63, 3.8) is 0 Å². The normalized spacial score (nSPS) is 20.0. The number of alkyl halides is 3. The molecule has 1 aliphatic rings. The summed E-state index contributed by atoms with van der Waals surface area (Å²) in [6, 6.07) is 0.118. The van der Waals surface area contributed by atoms with Crippen molar-refractivity contribution >= 4 is 11.9 Å². The molecule has 0 saturated heterocycles. The Bertz CT molecular complexity index is 354. The average Bonchev–Trinajstić information content (AvgIpc) is 2.77. The number of amides is 1. The maximum Gasteiger partial charge on any atom is 0.422 e. The molecule has 0 aromatic heterocycles. The number of carbonyl (C=O) groups is 2. The molecule has 1 rings (SSSR count). The minimum atomic E-state index is -5.05. The van der Waals surface area contributed by atoms with Gasteiger partial charge in [-0.1, -0.05) is 12.8 Å². The topological polar surface area (TPSA) is 78.4 Å². The Kier molecular flexibility index (Phi) is 4.78.